The van der Waals surface area contributed by atoms with Gasteiger partial charge in [0, 0.05) is 4.47 Å². The molecule has 0 aliphatic rings. The minimum absolute atomic E-state index is 0.172. The zero-order valence-corrected chi connectivity index (χ0v) is 17.1. The topological polar surface area (TPSA) is 0 Å². The van der Waals surface area contributed by atoms with E-state index in [2.05, 4.69) is 113 Å². The second kappa shape index (κ2) is 8.49. The lowest BCUT2D eigenvalue weighted by atomic mass is 9.84. The molecule has 0 nitrogen and oxygen atoms in total. The Hall–Kier alpha value is -1.34. The molecule has 0 bridgehead atoms. The van der Waals surface area contributed by atoms with Gasteiger partial charge in [-0.2, -0.15) is 0 Å². The summed E-state index contributed by atoms with van der Waals surface area (Å²) in [5, 5.41) is 0. The molecule has 1 rings (SSSR count). The van der Waals surface area contributed by atoms with E-state index in [1.807, 2.05) is 0 Å². The summed E-state index contributed by atoms with van der Waals surface area (Å²) in [5.74, 6) is 0. The van der Waals surface area contributed by atoms with Gasteiger partial charge in [-0.05, 0) is 73.1 Å². The van der Waals surface area contributed by atoms with E-state index in [0.717, 1.165) is 4.47 Å². The first-order valence-corrected chi connectivity index (χ1v) is 8.94. The average molecular weight is 373 g/mol. The second-order valence-corrected chi connectivity index (χ2v) is 7.82. The fourth-order valence-corrected chi connectivity index (χ4v) is 2.67. The molecule has 0 aromatic heterocycles. The minimum atomic E-state index is 0.172. The van der Waals surface area contributed by atoms with Crippen LogP contribution in [0.2, 0.25) is 0 Å². The molecule has 0 radical (unpaired) electrons. The normalized spacial score (nSPS) is 15.1. The number of hydrogen-bond acceptors (Lipinski definition) is 0. The Morgan fingerprint density at radius 3 is 1.83 bits per heavy atom. The van der Waals surface area contributed by atoms with Crippen molar-refractivity contribution in [3.05, 3.63) is 75.3 Å². The lowest BCUT2D eigenvalue weighted by molar-refractivity contribution is 0.515. The molecule has 1 aromatic rings. The number of rotatable bonds is 4. The van der Waals surface area contributed by atoms with Crippen LogP contribution in [-0.4, -0.2) is 0 Å². The van der Waals surface area contributed by atoms with Crippen molar-refractivity contribution in [1.29, 1.82) is 0 Å². The van der Waals surface area contributed by atoms with Gasteiger partial charge in [0.25, 0.3) is 0 Å². The summed E-state index contributed by atoms with van der Waals surface area (Å²) in [5.41, 5.74) is 6.64. The molecule has 0 amide bonds. The summed E-state index contributed by atoms with van der Waals surface area (Å²) in [6.07, 6.45) is 8.95. The molecule has 0 unspecified atom stereocenters. The fourth-order valence-electron chi connectivity index (χ4n) is 2.40. The van der Waals surface area contributed by atoms with Crippen LogP contribution in [0.1, 0.15) is 54.0 Å². The zero-order valence-electron chi connectivity index (χ0n) is 15.5. The van der Waals surface area contributed by atoms with Crippen molar-refractivity contribution >= 4 is 21.5 Å². The van der Waals surface area contributed by atoms with Gasteiger partial charge in [0.1, 0.15) is 0 Å². The van der Waals surface area contributed by atoms with Crippen molar-refractivity contribution in [2.75, 3.05) is 0 Å². The van der Waals surface area contributed by atoms with Gasteiger partial charge in [-0.15, -0.1) is 0 Å². The largest absolute Gasteiger partial charge is 0.0839 e. The molecule has 23 heavy (non-hydrogen) atoms. The van der Waals surface area contributed by atoms with Crippen LogP contribution in [0.15, 0.2) is 69.8 Å². The highest BCUT2D eigenvalue weighted by molar-refractivity contribution is 9.10. The van der Waals surface area contributed by atoms with Gasteiger partial charge in [-0.25, -0.2) is 0 Å². The van der Waals surface area contributed by atoms with E-state index in [0.29, 0.717) is 0 Å². The van der Waals surface area contributed by atoms with Gasteiger partial charge < -0.3 is 0 Å². The first kappa shape index (κ1) is 19.7. The Kier molecular flexibility index (Phi) is 7.28. The van der Waals surface area contributed by atoms with E-state index in [-0.39, 0.29) is 5.41 Å². The standard InChI is InChI=1S/C22H29Br/c1-8-18(19-10-12-21(23)13-11-19)14-16(3)17(4)15-20(9-2)22(5,6)7/h8-15H,1-7H3. The lowest BCUT2D eigenvalue weighted by Crippen LogP contribution is -2.07. The molecule has 0 saturated carbocycles. The average Bonchev–Trinajstić information content (AvgIpc) is 2.49. The van der Waals surface area contributed by atoms with Gasteiger partial charge in [0.15, 0.2) is 0 Å². The van der Waals surface area contributed by atoms with Crippen LogP contribution in [0.5, 0.6) is 0 Å². The van der Waals surface area contributed by atoms with Crippen LogP contribution in [0, 0.1) is 5.41 Å². The van der Waals surface area contributed by atoms with E-state index < -0.39 is 0 Å². The number of benzene rings is 1. The predicted molar refractivity (Wildman–Crippen MR) is 109 cm³/mol. The highest BCUT2D eigenvalue weighted by atomic mass is 79.9. The molecular weight excluding hydrogens is 344 g/mol. The monoisotopic (exact) mass is 372 g/mol. The molecule has 1 heteroatoms. The van der Waals surface area contributed by atoms with Crippen molar-refractivity contribution in [2.45, 2.75) is 48.5 Å². The Bertz CT molecular complexity index is 644. The number of allylic oxidation sites excluding steroid dienone is 8. The van der Waals surface area contributed by atoms with Gasteiger partial charge in [-0.3, -0.25) is 0 Å². The molecule has 0 N–H and O–H groups in total. The van der Waals surface area contributed by atoms with Crippen LogP contribution >= 0.6 is 15.9 Å². The van der Waals surface area contributed by atoms with E-state index in [4.69, 9.17) is 0 Å². The Labute approximate surface area is 150 Å². The van der Waals surface area contributed by atoms with Gasteiger partial charge >= 0.3 is 0 Å². The maximum absolute atomic E-state index is 3.49. The molecule has 0 aliphatic carbocycles. The van der Waals surface area contributed by atoms with E-state index in [1.165, 1.54) is 27.9 Å². The highest BCUT2D eigenvalue weighted by Crippen LogP contribution is 2.29. The third-order valence-electron chi connectivity index (χ3n) is 4.03. The predicted octanol–water partition coefficient (Wildman–Crippen LogP) is 7.74. The first-order chi connectivity index (χ1) is 10.7. The van der Waals surface area contributed by atoms with E-state index in [9.17, 15) is 0 Å². The molecular formula is C22H29Br. The Morgan fingerprint density at radius 2 is 1.39 bits per heavy atom. The zero-order chi connectivity index (χ0) is 17.6. The van der Waals surface area contributed by atoms with Crippen molar-refractivity contribution < 1.29 is 0 Å². The smallest absolute Gasteiger partial charge is 0.0175 e. The fraction of sp³-hybridized carbons (Fsp3) is 0.364. The molecule has 0 saturated heterocycles. The van der Waals surface area contributed by atoms with E-state index >= 15 is 0 Å². The van der Waals surface area contributed by atoms with Crippen molar-refractivity contribution in [1.82, 2.24) is 0 Å². The maximum Gasteiger partial charge on any atom is 0.0175 e. The summed E-state index contributed by atoms with van der Waals surface area (Å²) in [6, 6.07) is 8.47. The van der Waals surface area contributed by atoms with Gasteiger partial charge in [0.05, 0.1) is 0 Å². The van der Waals surface area contributed by atoms with Crippen molar-refractivity contribution in [3.8, 4) is 0 Å². The van der Waals surface area contributed by atoms with Crippen LogP contribution in [0.4, 0.5) is 0 Å². The molecule has 0 aliphatic heterocycles. The summed E-state index contributed by atoms with van der Waals surface area (Å²) >= 11 is 3.49. The highest BCUT2D eigenvalue weighted by Gasteiger charge is 2.14. The summed E-state index contributed by atoms with van der Waals surface area (Å²) in [4.78, 5) is 0. The van der Waals surface area contributed by atoms with Crippen LogP contribution < -0.4 is 0 Å². The summed E-state index contributed by atoms with van der Waals surface area (Å²) < 4.78 is 1.11. The van der Waals surface area contributed by atoms with Gasteiger partial charge in [-0.1, -0.05) is 73.1 Å². The first-order valence-electron chi connectivity index (χ1n) is 8.15. The summed E-state index contributed by atoms with van der Waals surface area (Å²) in [6.45, 7) is 15.3. The third kappa shape index (κ3) is 5.99. The van der Waals surface area contributed by atoms with Crippen LogP contribution in [0.3, 0.4) is 0 Å². The number of hydrogen-bond donors (Lipinski definition) is 0. The van der Waals surface area contributed by atoms with Crippen LogP contribution in [-0.2, 0) is 0 Å². The molecule has 0 heterocycles. The quantitative estimate of drug-likeness (QED) is 0.474. The third-order valence-corrected chi connectivity index (χ3v) is 4.56. The SMILES string of the molecule is CC=C(C=C(C)C(C)=CC(=CC)C(C)(C)C)c1ccc(Br)cc1. The maximum atomic E-state index is 3.49. The molecule has 1 aromatic carbocycles. The molecule has 0 fully saturated rings. The van der Waals surface area contributed by atoms with Crippen molar-refractivity contribution in [3.63, 3.8) is 0 Å². The molecule has 0 spiro atoms. The van der Waals surface area contributed by atoms with Crippen molar-refractivity contribution in [2.24, 2.45) is 5.41 Å². The number of halogens is 1. The van der Waals surface area contributed by atoms with E-state index in [1.54, 1.807) is 0 Å². The molecule has 0 atom stereocenters. The van der Waals surface area contributed by atoms with Gasteiger partial charge in [0.2, 0.25) is 0 Å². The summed E-state index contributed by atoms with van der Waals surface area (Å²) in [7, 11) is 0. The van der Waals surface area contributed by atoms with Crippen LogP contribution in [0.25, 0.3) is 5.57 Å². The molecule has 124 valence electrons. The Morgan fingerprint density at radius 1 is 0.870 bits per heavy atom. The minimum Gasteiger partial charge on any atom is -0.0839 e. The second-order valence-electron chi connectivity index (χ2n) is 6.90. The Balaban J connectivity index is 3.13. The lowest BCUT2D eigenvalue weighted by Gasteiger charge is -2.21.